The van der Waals surface area contributed by atoms with Crippen molar-refractivity contribution in [3.63, 3.8) is 0 Å². The predicted octanol–water partition coefficient (Wildman–Crippen LogP) is -0.138. The van der Waals surface area contributed by atoms with E-state index in [0.29, 0.717) is 24.8 Å². The summed E-state index contributed by atoms with van der Waals surface area (Å²) in [5.41, 5.74) is 0. The predicted molar refractivity (Wildman–Crippen MR) is 70.3 cm³/mol. The lowest BCUT2D eigenvalue weighted by molar-refractivity contribution is -0.123. The van der Waals surface area contributed by atoms with Gasteiger partial charge in [-0.05, 0) is 31.2 Å². The van der Waals surface area contributed by atoms with E-state index in [1.165, 1.54) is 19.3 Å². The highest BCUT2D eigenvalue weighted by Crippen LogP contribution is 2.37. The van der Waals surface area contributed by atoms with Crippen molar-refractivity contribution in [3.8, 4) is 0 Å². The molecule has 3 atom stereocenters. The van der Waals surface area contributed by atoms with Crippen LogP contribution in [0.25, 0.3) is 0 Å². The van der Waals surface area contributed by atoms with Gasteiger partial charge in [0.15, 0.2) is 5.82 Å². The van der Waals surface area contributed by atoms with E-state index in [-0.39, 0.29) is 11.9 Å². The first-order valence-corrected chi connectivity index (χ1v) is 7.09. The first kappa shape index (κ1) is 12.6. The second kappa shape index (κ2) is 5.28. The summed E-state index contributed by atoms with van der Waals surface area (Å²) < 4.78 is 1.68. The molecule has 2 heterocycles. The van der Waals surface area contributed by atoms with Crippen LogP contribution in [0.2, 0.25) is 0 Å². The number of aromatic nitrogens is 3. The molecule has 1 aromatic rings. The zero-order valence-electron chi connectivity index (χ0n) is 11.3. The first-order valence-electron chi connectivity index (χ1n) is 7.09. The van der Waals surface area contributed by atoms with Crippen LogP contribution in [0.4, 0.5) is 0 Å². The van der Waals surface area contributed by atoms with E-state index in [4.69, 9.17) is 0 Å². The van der Waals surface area contributed by atoms with Crippen LogP contribution < -0.4 is 10.6 Å². The molecule has 2 N–H and O–H groups in total. The highest BCUT2D eigenvalue weighted by atomic mass is 16.2. The molecule has 0 aromatic carbocycles. The number of carbonyl (C=O) groups is 1. The topological polar surface area (TPSA) is 71.8 Å². The van der Waals surface area contributed by atoms with Crippen LogP contribution in [0, 0.1) is 11.8 Å². The van der Waals surface area contributed by atoms with Crippen LogP contribution in [-0.4, -0.2) is 39.8 Å². The van der Waals surface area contributed by atoms with E-state index in [2.05, 4.69) is 20.7 Å². The summed E-state index contributed by atoms with van der Waals surface area (Å²) in [6.45, 7) is 1.61. The molecule has 2 fully saturated rings. The number of fused-ring (bicyclic) bond motifs is 1. The molecule has 1 saturated carbocycles. The highest BCUT2D eigenvalue weighted by molar-refractivity contribution is 5.82. The van der Waals surface area contributed by atoms with Gasteiger partial charge in [-0.25, -0.2) is 4.98 Å². The zero-order chi connectivity index (χ0) is 13.2. The van der Waals surface area contributed by atoms with Gasteiger partial charge in [0.25, 0.3) is 0 Å². The van der Waals surface area contributed by atoms with Crippen LogP contribution in [0.3, 0.4) is 0 Å². The Balaban J connectivity index is 1.46. The summed E-state index contributed by atoms with van der Waals surface area (Å²) in [6.07, 6.45) is 6.11. The van der Waals surface area contributed by atoms with Gasteiger partial charge in [-0.1, -0.05) is 6.42 Å². The molecule has 1 amide bonds. The molecule has 1 saturated heterocycles. The molecule has 3 unspecified atom stereocenters. The molecule has 104 valence electrons. The first-order chi connectivity index (χ1) is 9.24. The summed E-state index contributed by atoms with van der Waals surface area (Å²) in [5.74, 6) is 2.19. The summed E-state index contributed by atoms with van der Waals surface area (Å²) >= 11 is 0. The highest BCUT2D eigenvalue weighted by Gasteiger charge is 2.42. The van der Waals surface area contributed by atoms with Gasteiger partial charge < -0.3 is 10.6 Å². The Morgan fingerprint density at radius 3 is 3.26 bits per heavy atom. The average Bonchev–Trinajstić information content (AvgIpc) is 3.04. The van der Waals surface area contributed by atoms with Crippen LogP contribution >= 0.6 is 0 Å². The maximum absolute atomic E-state index is 12.2. The molecule has 3 rings (SSSR count). The van der Waals surface area contributed by atoms with E-state index in [1.807, 2.05) is 7.05 Å². The van der Waals surface area contributed by atoms with Gasteiger partial charge in [-0.2, -0.15) is 5.10 Å². The van der Waals surface area contributed by atoms with E-state index >= 15 is 0 Å². The minimum Gasteiger partial charge on any atom is -0.354 e. The molecule has 2 aliphatic rings. The quantitative estimate of drug-likeness (QED) is 0.793. The lowest BCUT2D eigenvalue weighted by Gasteiger charge is -2.17. The molecular formula is C13H21N5O. The monoisotopic (exact) mass is 263 g/mol. The van der Waals surface area contributed by atoms with Crippen molar-refractivity contribution in [1.29, 1.82) is 0 Å². The average molecular weight is 263 g/mol. The summed E-state index contributed by atoms with van der Waals surface area (Å²) in [6, 6.07) is 0.0178. The molecule has 6 nitrogen and oxygen atoms in total. The molecule has 19 heavy (non-hydrogen) atoms. The Bertz CT molecular complexity index is 458. The van der Waals surface area contributed by atoms with Gasteiger partial charge in [0.1, 0.15) is 6.33 Å². The van der Waals surface area contributed by atoms with Crippen molar-refractivity contribution < 1.29 is 4.79 Å². The van der Waals surface area contributed by atoms with Crippen LogP contribution in [0.5, 0.6) is 0 Å². The lowest BCUT2D eigenvalue weighted by atomic mass is 9.93. The molecule has 1 aromatic heterocycles. The second-order valence-corrected chi connectivity index (χ2v) is 5.62. The smallest absolute Gasteiger partial charge is 0.237 e. The van der Waals surface area contributed by atoms with Crippen molar-refractivity contribution in [2.24, 2.45) is 18.9 Å². The third-order valence-electron chi connectivity index (χ3n) is 4.32. The lowest BCUT2D eigenvalue weighted by Crippen LogP contribution is -2.44. The maximum atomic E-state index is 12.2. The van der Waals surface area contributed by atoms with Gasteiger partial charge in [-0.3, -0.25) is 9.48 Å². The Morgan fingerprint density at radius 1 is 1.58 bits per heavy atom. The normalized spacial score (nSPS) is 29.4. The fourth-order valence-electron chi connectivity index (χ4n) is 3.38. The van der Waals surface area contributed by atoms with Crippen molar-refractivity contribution >= 4 is 5.91 Å². The number of aryl methyl sites for hydroxylation is 1. The number of amides is 1. The van der Waals surface area contributed by atoms with Crippen molar-refractivity contribution in [2.75, 3.05) is 13.1 Å². The fourth-order valence-corrected chi connectivity index (χ4v) is 3.38. The van der Waals surface area contributed by atoms with E-state index in [1.54, 1.807) is 11.0 Å². The van der Waals surface area contributed by atoms with Crippen LogP contribution in [-0.2, 0) is 18.3 Å². The molecule has 0 radical (unpaired) electrons. The summed E-state index contributed by atoms with van der Waals surface area (Å²) in [4.78, 5) is 16.3. The maximum Gasteiger partial charge on any atom is 0.237 e. The summed E-state index contributed by atoms with van der Waals surface area (Å²) in [5, 5.41) is 10.6. The molecule has 6 heteroatoms. The minimum atomic E-state index is 0.0178. The number of hydrogen-bond donors (Lipinski definition) is 2. The second-order valence-electron chi connectivity index (χ2n) is 5.62. The number of nitrogens with zero attached hydrogens (tertiary/aromatic N) is 3. The molecule has 0 spiro atoms. The number of rotatable bonds is 4. The Hall–Kier alpha value is -1.43. The number of hydrogen-bond acceptors (Lipinski definition) is 4. The molecule has 0 bridgehead atoms. The largest absolute Gasteiger partial charge is 0.354 e. The van der Waals surface area contributed by atoms with E-state index < -0.39 is 0 Å². The SMILES string of the molecule is Cn1cnc(CCNC(=O)C2NCC3CCCC32)n1. The third-order valence-corrected chi connectivity index (χ3v) is 4.32. The van der Waals surface area contributed by atoms with Gasteiger partial charge >= 0.3 is 0 Å². The Kier molecular flexibility index (Phi) is 3.50. The van der Waals surface area contributed by atoms with Gasteiger partial charge in [-0.15, -0.1) is 0 Å². The number of carbonyl (C=O) groups excluding carboxylic acids is 1. The van der Waals surface area contributed by atoms with Crippen LogP contribution in [0.15, 0.2) is 6.33 Å². The van der Waals surface area contributed by atoms with Crippen molar-refractivity contribution in [3.05, 3.63) is 12.2 Å². The van der Waals surface area contributed by atoms with Crippen molar-refractivity contribution in [2.45, 2.75) is 31.7 Å². The minimum absolute atomic E-state index is 0.0178. The number of nitrogens with one attached hydrogen (secondary N) is 2. The standard InChI is InChI=1S/C13H21N5O/c1-18-8-16-11(17-18)5-6-14-13(19)12-10-4-2-3-9(10)7-15-12/h8-10,12,15H,2-7H2,1H3,(H,14,19). The third kappa shape index (κ3) is 2.63. The van der Waals surface area contributed by atoms with E-state index in [0.717, 1.165) is 12.4 Å². The summed E-state index contributed by atoms with van der Waals surface area (Å²) in [7, 11) is 1.85. The van der Waals surface area contributed by atoms with Crippen molar-refractivity contribution in [1.82, 2.24) is 25.4 Å². The van der Waals surface area contributed by atoms with E-state index in [9.17, 15) is 4.79 Å². The van der Waals surface area contributed by atoms with Gasteiger partial charge in [0.05, 0.1) is 6.04 Å². The fraction of sp³-hybridized carbons (Fsp3) is 0.769. The Morgan fingerprint density at radius 2 is 2.47 bits per heavy atom. The molecular weight excluding hydrogens is 242 g/mol. The van der Waals surface area contributed by atoms with Gasteiger partial charge in [0.2, 0.25) is 5.91 Å². The molecule has 1 aliphatic heterocycles. The zero-order valence-corrected chi connectivity index (χ0v) is 11.3. The van der Waals surface area contributed by atoms with Crippen LogP contribution in [0.1, 0.15) is 25.1 Å². The van der Waals surface area contributed by atoms with Gasteiger partial charge in [0, 0.05) is 20.0 Å². The Labute approximate surface area is 113 Å². The molecule has 1 aliphatic carbocycles.